The second-order valence-electron chi connectivity index (χ2n) is 7.50. The largest absolute Gasteiger partial charge is 0.468 e. The molecule has 0 unspecified atom stereocenters. The van der Waals surface area contributed by atoms with Crippen LogP contribution in [-0.4, -0.2) is 58.7 Å². The summed E-state index contributed by atoms with van der Waals surface area (Å²) in [5, 5.41) is 4.49. The summed E-state index contributed by atoms with van der Waals surface area (Å²) in [6.07, 6.45) is 4.68. The van der Waals surface area contributed by atoms with Crippen LogP contribution in [0.5, 0.6) is 0 Å². The number of thiol groups is 1. The highest BCUT2D eigenvalue weighted by Gasteiger charge is 2.34. The third kappa shape index (κ3) is 5.98. The van der Waals surface area contributed by atoms with E-state index in [9.17, 15) is 14.0 Å². The van der Waals surface area contributed by atoms with Crippen LogP contribution in [0.3, 0.4) is 0 Å². The van der Waals surface area contributed by atoms with E-state index in [-0.39, 0.29) is 17.6 Å². The number of nitrogens with zero attached hydrogens (tertiary/aromatic N) is 3. The molecule has 1 aliphatic heterocycles. The van der Waals surface area contributed by atoms with Gasteiger partial charge in [0.2, 0.25) is 0 Å². The van der Waals surface area contributed by atoms with Crippen LogP contribution < -0.4 is 0 Å². The van der Waals surface area contributed by atoms with Crippen molar-refractivity contribution >= 4 is 30.6 Å². The van der Waals surface area contributed by atoms with Crippen LogP contribution in [0.15, 0.2) is 42.1 Å². The lowest BCUT2D eigenvalue weighted by Gasteiger charge is -2.36. The molecule has 0 saturated carbocycles. The Morgan fingerprint density at radius 2 is 2.12 bits per heavy atom. The number of hydrogen-bond acceptors (Lipinski definition) is 7. The van der Waals surface area contributed by atoms with Gasteiger partial charge in [-0.1, -0.05) is 18.2 Å². The summed E-state index contributed by atoms with van der Waals surface area (Å²) in [7, 11) is 1.31. The molecule has 1 aromatic heterocycles. The van der Waals surface area contributed by atoms with E-state index in [1.165, 1.54) is 13.2 Å². The fourth-order valence-electron chi connectivity index (χ4n) is 3.74. The van der Waals surface area contributed by atoms with Crippen molar-refractivity contribution in [1.82, 2.24) is 14.7 Å². The smallest absolute Gasteiger partial charge is 0.327 e. The molecular weight excluding hydrogens is 433 g/mol. The number of likely N-dealkylation sites (tertiary alicyclic amines) is 1. The summed E-state index contributed by atoms with van der Waals surface area (Å²) in [5.41, 5.74) is 1.99. The van der Waals surface area contributed by atoms with Gasteiger partial charge in [-0.25, -0.2) is 9.18 Å². The fraction of sp³-hybridized carbons (Fsp3) is 0.435. The molecule has 9 heteroatoms. The van der Waals surface area contributed by atoms with Crippen LogP contribution in [0.2, 0.25) is 0 Å². The van der Waals surface area contributed by atoms with E-state index in [0.29, 0.717) is 38.2 Å². The summed E-state index contributed by atoms with van der Waals surface area (Å²) in [5.74, 6) is -1.21. The van der Waals surface area contributed by atoms with Crippen molar-refractivity contribution in [3.05, 3.63) is 59.2 Å². The first-order chi connectivity index (χ1) is 15.4. The second kappa shape index (κ2) is 11.3. The number of carbonyl (C=O) groups is 2. The van der Waals surface area contributed by atoms with Gasteiger partial charge in [-0.3, -0.25) is 14.4 Å². The van der Waals surface area contributed by atoms with Crippen LogP contribution in [0.4, 0.5) is 4.39 Å². The molecule has 0 spiro atoms. The molecule has 1 aliphatic rings. The van der Waals surface area contributed by atoms with Crippen molar-refractivity contribution in [3.63, 3.8) is 0 Å². The van der Waals surface area contributed by atoms with Gasteiger partial charge in [0.25, 0.3) is 0 Å². The van der Waals surface area contributed by atoms with Crippen molar-refractivity contribution < 1.29 is 23.5 Å². The zero-order valence-electron chi connectivity index (χ0n) is 18.2. The Morgan fingerprint density at radius 3 is 2.84 bits per heavy atom. The maximum absolute atomic E-state index is 14.5. The van der Waals surface area contributed by atoms with Crippen molar-refractivity contribution in [2.75, 3.05) is 26.8 Å². The average Bonchev–Trinajstić information content (AvgIpc) is 3.23. The molecule has 0 amide bonds. The number of methoxy groups -OCH3 is 1. The predicted molar refractivity (Wildman–Crippen MR) is 122 cm³/mol. The average molecular weight is 462 g/mol. The summed E-state index contributed by atoms with van der Waals surface area (Å²) in [4.78, 5) is 26.0. The number of benzene rings is 1. The lowest BCUT2D eigenvalue weighted by molar-refractivity contribution is -0.147. The van der Waals surface area contributed by atoms with Crippen molar-refractivity contribution in [3.8, 4) is 0 Å². The minimum absolute atomic E-state index is 0.00477. The van der Waals surface area contributed by atoms with Crippen molar-refractivity contribution in [1.29, 1.82) is 0 Å². The molecule has 0 bridgehead atoms. The molecule has 0 radical (unpaired) electrons. The summed E-state index contributed by atoms with van der Waals surface area (Å²) < 4.78 is 26.1. The lowest BCUT2D eigenvalue weighted by Crippen LogP contribution is -2.42. The van der Waals surface area contributed by atoms with E-state index < -0.39 is 17.8 Å². The molecule has 3 rings (SSSR count). The molecule has 0 aliphatic carbocycles. The maximum atomic E-state index is 14.5. The lowest BCUT2D eigenvalue weighted by atomic mass is 9.97. The third-order valence-electron chi connectivity index (χ3n) is 5.34. The van der Waals surface area contributed by atoms with Gasteiger partial charge in [0.15, 0.2) is 0 Å². The third-order valence-corrected chi connectivity index (χ3v) is 5.93. The van der Waals surface area contributed by atoms with Crippen molar-refractivity contribution in [2.24, 2.45) is 0 Å². The second-order valence-corrected chi connectivity index (χ2v) is 8.12. The van der Waals surface area contributed by atoms with E-state index in [1.54, 1.807) is 36.0 Å². The van der Waals surface area contributed by atoms with Crippen LogP contribution >= 0.6 is 12.6 Å². The van der Waals surface area contributed by atoms with Gasteiger partial charge in [0.05, 0.1) is 32.4 Å². The number of hydrogen-bond donors (Lipinski definition) is 1. The van der Waals surface area contributed by atoms with Crippen LogP contribution in [0, 0.1) is 5.82 Å². The number of aryl methyl sites for hydroxylation is 1. The Hall–Kier alpha value is -2.65. The minimum Gasteiger partial charge on any atom is -0.468 e. The molecule has 1 fully saturated rings. The van der Waals surface area contributed by atoms with E-state index in [0.717, 1.165) is 11.3 Å². The molecule has 7 nitrogen and oxygen atoms in total. The monoisotopic (exact) mass is 461 g/mol. The van der Waals surface area contributed by atoms with E-state index in [4.69, 9.17) is 22.1 Å². The van der Waals surface area contributed by atoms with Gasteiger partial charge < -0.3 is 9.47 Å². The number of halogens is 1. The van der Waals surface area contributed by atoms with Gasteiger partial charge in [0.1, 0.15) is 11.9 Å². The number of esters is 2. The molecule has 2 aromatic rings. The number of carbonyl (C=O) groups excluding carboxylic acids is 2. The highest BCUT2D eigenvalue weighted by atomic mass is 32.1. The number of rotatable bonds is 8. The first kappa shape index (κ1) is 24.0. The summed E-state index contributed by atoms with van der Waals surface area (Å²) >= 11 is 4.70. The number of aromatic nitrogens is 2. The van der Waals surface area contributed by atoms with E-state index in [2.05, 4.69) is 5.10 Å². The van der Waals surface area contributed by atoms with Crippen LogP contribution in [0.25, 0.3) is 6.08 Å². The summed E-state index contributed by atoms with van der Waals surface area (Å²) in [6.45, 7) is 3.56. The minimum atomic E-state index is -0.840. The molecule has 2 heterocycles. The highest BCUT2D eigenvalue weighted by Crippen LogP contribution is 2.31. The molecule has 32 heavy (non-hydrogen) atoms. The predicted octanol–water partition coefficient (Wildman–Crippen LogP) is 3.28. The van der Waals surface area contributed by atoms with Gasteiger partial charge in [-0.15, -0.1) is 0 Å². The first-order valence-electron chi connectivity index (χ1n) is 10.6. The molecule has 1 saturated heterocycles. The number of piperidine rings is 1. The topological polar surface area (TPSA) is 73.7 Å². The van der Waals surface area contributed by atoms with Gasteiger partial charge in [0, 0.05) is 30.1 Å². The molecule has 2 atom stereocenters. The first-order valence-corrected chi connectivity index (χ1v) is 11.1. The standard InChI is InChI=1S/C23H28FN3O4S/c1-3-31-21(28)10-13-27-12-8-17(25-27)14-16-15-26(11-9-20(16)32)22(23(29)30-2)18-6-4-5-7-19(18)24/h4-8,12,14,20,22,32H,3,9-11,13,15H2,1-2H3/b16-14+/t20-,22-/m1/s1. The molecule has 172 valence electrons. The van der Waals surface area contributed by atoms with Crippen molar-refractivity contribution in [2.45, 2.75) is 37.6 Å². The molecule has 1 aromatic carbocycles. The SMILES string of the molecule is CCOC(=O)CCn1ccc(/C=C2\CN([C@@H](C(=O)OC)c3ccccc3F)CC[C@H]2S)n1. The van der Waals surface area contributed by atoms with Gasteiger partial charge in [-0.05, 0) is 37.1 Å². The fourth-order valence-corrected chi connectivity index (χ4v) is 4.02. The zero-order chi connectivity index (χ0) is 23.1. The van der Waals surface area contributed by atoms with Gasteiger partial charge in [-0.2, -0.15) is 17.7 Å². The Labute approximate surface area is 192 Å². The van der Waals surface area contributed by atoms with Crippen LogP contribution in [0.1, 0.15) is 37.1 Å². The Morgan fingerprint density at radius 1 is 1.34 bits per heavy atom. The van der Waals surface area contributed by atoms with Gasteiger partial charge >= 0.3 is 11.9 Å². The Kier molecular flexibility index (Phi) is 8.46. The Bertz CT molecular complexity index is 978. The Balaban J connectivity index is 1.77. The molecular formula is C23H28FN3O4S. The zero-order valence-corrected chi connectivity index (χ0v) is 19.1. The summed E-state index contributed by atoms with van der Waals surface area (Å²) in [6, 6.07) is 7.27. The normalized spacial score (nSPS) is 19.0. The number of ether oxygens (including phenoxy) is 2. The highest BCUT2D eigenvalue weighted by molar-refractivity contribution is 7.81. The molecule has 0 N–H and O–H groups in total. The van der Waals surface area contributed by atoms with E-state index in [1.807, 2.05) is 17.0 Å². The van der Waals surface area contributed by atoms with E-state index >= 15 is 0 Å². The maximum Gasteiger partial charge on any atom is 0.327 e. The quantitative estimate of drug-likeness (QED) is 0.481. The van der Waals surface area contributed by atoms with Crippen LogP contribution in [-0.2, 0) is 25.6 Å².